The third-order valence-corrected chi connectivity index (χ3v) is 2.94. The lowest BCUT2D eigenvalue weighted by molar-refractivity contribution is -0.142. The second-order valence-electron chi connectivity index (χ2n) is 4.04. The highest BCUT2D eigenvalue weighted by atomic mass is 16.6. The van der Waals surface area contributed by atoms with Gasteiger partial charge < -0.3 is 14.4 Å². The Morgan fingerprint density at radius 2 is 2.17 bits per heavy atom. The van der Waals surface area contributed by atoms with Crippen LogP contribution < -0.4 is 9.64 Å². The van der Waals surface area contributed by atoms with Crippen LogP contribution in [0.15, 0.2) is 18.2 Å². The second-order valence-corrected chi connectivity index (χ2v) is 4.04. The van der Waals surface area contributed by atoms with Gasteiger partial charge in [0.1, 0.15) is 5.75 Å². The first-order chi connectivity index (χ1) is 8.63. The number of hydrogen-bond acceptors (Lipinski definition) is 4. The van der Waals surface area contributed by atoms with Crippen molar-refractivity contribution in [3.8, 4) is 5.75 Å². The van der Waals surface area contributed by atoms with E-state index in [2.05, 4.69) is 4.74 Å². The van der Waals surface area contributed by atoms with E-state index in [1.165, 1.54) is 14.0 Å². The van der Waals surface area contributed by atoms with Crippen molar-refractivity contribution >= 4 is 17.6 Å². The van der Waals surface area contributed by atoms with Crippen LogP contribution in [0.3, 0.4) is 0 Å². The largest absolute Gasteiger partial charge is 0.482 e. The van der Waals surface area contributed by atoms with Gasteiger partial charge in [-0.3, -0.25) is 4.79 Å². The molecule has 0 fully saturated rings. The molecular formula is C13H15NO4. The van der Waals surface area contributed by atoms with Crippen molar-refractivity contribution in [1.82, 2.24) is 0 Å². The van der Waals surface area contributed by atoms with Gasteiger partial charge in [0.15, 0.2) is 6.61 Å². The van der Waals surface area contributed by atoms with Crippen molar-refractivity contribution in [1.29, 1.82) is 0 Å². The number of hydrogen-bond donors (Lipinski definition) is 0. The number of anilines is 1. The van der Waals surface area contributed by atoms with Gasteiger partial charge in [0.2, 0.25) is 5.91 Å². The van der Waals surface area contributed by atoms with Crippen molar-refractivity contribution in [2.24, 2.45) is 0 Å². The first-order valence-electron chi connectivity index (χ1n) is 5.73. The fourth-order valence-corrected chi connectivity index (χ4v) is 2.06. The first kappa shape index (κ1) is 12.4. The number of methoxy groups -OCH3 is 1. The Hall–Kier alpha value is -2.04. The molecule has 0 saturated carbocycles. The maximum absolute atomic E-state index is 11.4. The van der Waals surface area contributed by atoms with Crippen LogP contribution >= 0.6 is 0 Å². The molecule has 0 spiro atoms. The number of carbonyl (C=O) groups excluding carboxylic acids is 2. The van der Waals surface area contributed by atoms with E-state index in [1.54, 1.807) is 11.0 Å². The van der Waals surface area contributed by atoms with E-state index in [-0.39, 0.29) is 12.5 Å². The molecule has 1 heterocycles. The Morgan fingerprint density at radius 1 is 1.39 bits per heavy atom. The zero-order chi connectivity index (χ0) is 13.1. The summed E-state index contributed by atoms with van der Waals surface area (Å²) in [5, 5.41) is 0. The summed E-state index contributed by atoms with van der Waals surface area (Å²) >= 11 is 0. The molecule has 1 aliphatic rings. The highest BCUT2D eigenvalue weighted by molar-refractivity contribution is 5.94. The lowest BCUT2D eigenvalue weighted by atomic mass is 10.1. The molecule has 0 N–H and O–H groups in total. The molecule has 0 bridgehead atoms. The lowest BCUT2D eigenvalue weighted by Gasteiger charge is -2.15. The minimum Gasteiger partial charge on any atom is -0.482 e. The molecule has 18 heavy (non-hydrogen) atoms. The zero-order valence-electron chi connectivity index (χ0n) is 10.4. The molecular weight excluding hydrogens is 234 g/mol. The lowest BCUT2D eigenvalue weighted by Crippen LogP contribution is -2.25. The Kier molecular flexibility index (Phi) is 3.50. The van der Waals surface area contributed by atoms with Gasteiger partial charge in [-0.15, -0.1) is 0 Å². The first-order valence-corrected chi connectivity index (χ1v) is 5.73. The fourth-order valence-electron chi connectivity index (χ4n) is 2.06. The summed E-state index contributed by atoms with van der Waals surface area (Å²) in [6.07, 6.45) is 0.742. The predicted octanol–water partition coefficient (Wildman–Crippen LogP) is 1.15. The molecule has 0 aliphatic carbocycles. The quantitative estimate of drug-likeness (QED) is 0.754. The minimum absolute atomic E-state index is 0.0128. The Morgan fingerprint density at radius 3 is 2.83 bits per heavy atom. The van der Waals surface area contributed by atoms with Crippen molar-refractivity contribution in [3.63, 3.8) is 0 Å². The van der Waals surface area contributed by atoms with Crippen LogP contribution in [0.2, 0.25) is 0 Å². The van der Waals surface area contributed by atoms with Crippen molar-refractivity contribution < 1.29 is 19.1 Å². The van der Waals surface area contributed by atoms with E-state index < -0.39 is 5.97 Å². The zero-order valence-corrected chi connectivity index (χ0v) is 10.4. The summed E-state index contributed by atoms with van der Waals surface area (Å²) < 4.78 is 9.94. The molecule has 5 heteroatoms. The van der Waals surface area contributed by atoms with Crippen molar-refractivity contribution in [2.75, 3.05) is 25.2 Å². The van der Waals surface area contributed by atoms with Crippen LogP contribution in [-0.4, -0.2) is 32.1 Å². The molecule has 0 radical (unpaired) electrons. The highest BCUT2D eigenvalue weighted by Crippen LogP contribution is 2.34. The number of ether oxygens (including phenoxy) is 2. The van der Waals surface area contributed by atoms with Gasteiger partial charge in [0.25, 0.3) is 0 Å². The third-order valence-electron chi connectivity index (χ3n) is 2.94. The molecule has 1 aromatic carbocycles. The molecule has 1 amide bonds. The van der Waals surface area contributed by atoms with Gasteiger partial charge in [-0.25, -0.2) is 4.79 Å². The highest BCUT2D eigenvalue weighted by Gasteiger charge is 2.25. The van der Waals surface area contributed by atoms with Gasteiger partial charge in [0, 0.05) is 19.0 Å². The summed E-state index contributed by atoms with van der Waals surface area (Å²) in [7, 11) is 1.32. The van der Waals surface area contributed by atoms with Crippen LogP contribution in [0.1, 0.15) is 12.5 Å². The average molecular weight is 249 g/mol. The summed E-state index contributed by atoms with van der Waals surface area (Å²) in [5.41, 5.74) is 1.83. The van der Waals surface area contributed by atoms with Crippen LogP contribution in [0.5, 0.6) is 5.75 Å². The smallest absolute Gasteiger partial charge is 0.343 e. The van der Waals surface area contributed by atoms with Crippen LogP contribution in [-0.2, 0) is 20.7 Å². The predicted molar refractivity (Wildman–Crippen MR) is 65.7 cm³/mol. The van der Waals surface area contributed by atoms with Crippen molar-refractivity contribution in [3.05, 3.63) is 23.8 Å². The van der Waals surface area contributed by atoms with Gasteiger partial charge in [-0.05, 0) is 18.6 Å². The molecule has 1 aliphatic heterocycles. The summed E-state index contributed by atoms with van der Waals surface area (Å²) in [5.74, 6) is 0.231. The topological polar surface area (TPSA) is 55.8 Å². The van der Waals surface area contributed by atoms with E-state index in [0.717, 1.165) is 17.7 Å². The van der Waals surface area contributed by atoms with Crippen LogP contribution in [0, 0.1) is 0 Å². The second kappa shape index (κ2) is 5.08. The number of carbonyl (C=O) groups is 2. The third kappa shape index (κ3) is 2.30. The molecule has 0 saturated heterocycles. The minimum atomic E-state index is -0.422. The standard InChI is InChI=1S/C13H15NO4/c1-9(15)14-7-6-10-11(14)4-3-5-12(10)18-8-13(16)17-2/h3-5H,6-8H2,1-2H3. The number of nitrogens with zero attached hydrogens (tertiary/aromatic N) is 1. The maximum Gasteiger partial charge on any atom is 0.343 e. The Balaban J connectivity index is 2.19. The molecule has 0 unspecified atom stereocenters. The Bertz CT molecular complexity index is 484. The SMILES string of the molecule is COC(=O)COc1cccc2c1CCN2C(C)=O. The summed E-state index contributed by atoms with van der Waals surface area (Å²) in [6, 6.07) is 5.49. The Labute approximate surface area is 105 Å². The van der Waals surface area contributed by atoms with Crippen LogP contribution in [0.25, 0.3) is 0 Å². The van der Waals surface area contributed by atoms with Gasteiger partial charge in [0.05, 0.1) is 12.8 Å². The average Bonchev–Trinajstić information content (AvgIpc) is 2.80. The fraction of sp³-hybridized carbons (Fsp3) is 0.385. The number of fused-ring (bicyclic) bond motifs is 1. The van der Waals surface area contributed by atoms with Crippen LogP contribution in [0.4, 0.5) is 5.69 Å². The molecule has 2 rings (SSSR count). The molecule has 0 aromatic heterocycles. The van der Waals surface area contributed by atoms with Crippen molar-refractivity contribution in [2.45, 2.75) is 13.3 Å². The molecule has 5 nitrogen and oxygen atoms in total. The van der Waals surface area contributed by atoms with E-state index in [1.807, 2.05) is 12.1 Å². The summed E-state index contributed by atoms with van der Waals surface area (Å²) in [6.45, 7) is 2.08. The van der Waals surface area contributed by atoms with E-state index in [9.17, 15) is 9.59 Å². The molecule has 1 aromatic rings. The van der Waals surface area contributed by atoms with E-state index in [0.29, 0.717) is 12.3 Å². The van der Waals surface area contributed by atoms with Gasteiger partial charge >= 0.3 is 5.97 Å². The number of esters is 1. The molecule has 0 atom stereocenters. The van der Waals surface area contributed by atoms with Gasteiger partial charge in [-0.2, -0.15) is 0 Å². The normalized spacial score (nSPS) is 13.1. The maximum atomic E-state index is 11.4. The number of rotatable bonds is 3. The van der Waals surface area contributed by atoms with E-state index >= 15 is 0 Å². The number of amides is 1. The monoisotopic (exact) mass is 249 g/mol. The molecule has 96 valence electrons. The van der Waals surface area contributed by atoms with E-state index in [4.69, 9.17) is 4.74 Å². The summed E-state index contributed by atoms with van der Waals surface area (Å²) in [4.78, 5) is 24.2. The van der Waals surface area contributed by atoms with Gasteiger partial charge in [-0.1, -0.05) is 6.07 Å². The number of benzene rings is 1.